The molecule has 2 N–H and O–H groups in total. The Balaban J connectivity index is 1.50. The largest absolute Gasteiger partial charge is 0.378 e. The first kappa shape index (κ1) is 24.7. The zero-order valence-corrected chi connectivity index (χ0v) is 21.3. The maximum atomic E-state index is 12.6. The van der Waals surface area contributed by atoms with Gasteiger partial charge in [0.05, 0.1) is 28.0 Å². The number of hydrogen-bond donors (Lipinski definition) is 2. The molecule has 0 fully saturated rings. The molecule has 0 spiro atoms. The van der Waals surface area contributed by atoms with Gasteiger partial charge in [-0.15, -0.1) is 10.2 Å². The summed E-state index contributed by atoms with van der Waals surface area (Å²) in [6.45, 7) is 0.423. The molecule has 0 radical (unpaired) electrons. The number of para-hydroxylation sites is 1. The molecule has 1 aromatic heterocycles. The number of rotatable bonds is 8. The monoisotopic (exact) mass is 551 g/mol. The van der Waals surface area contributed by atoms with Crippen molar-refractivity contribution in [3.05, 3.63) is 92.6 Å². The van der Waals surface area contributed by atoms with Crippen LogP contribution in [0, 0.1) is 0 Å². The van der Waals surface area contributed by atoms with E-state index in [0.29, 0.717) is 33.3 Å². The number of nitrogens with zero attached hydrogens (tertiary/aromatic N) is 3. The highest BCUT2D eigenvalue weighted by molar-refractivity contribution is 7.99. The van der Waals surface area contributed by atoms with Crippen molar-refractivity contribution in [2.75, 3.05) is 16.4 Å². The molecule has 1 amide bonds. The van der Waals surface area contributed by atoms with Crippen molar-refractivity contribution in [1.29, 1.82) is 0 Å². The number of aromatic nitrogens is 3. The van der Waals surface area contributed by atoms with Gasteiger partial charge in [0.2, 0.25) is 5.91 Å². The van der Waals surface area contributed by atoms with Crippen LogP contribution in [0.25, 0.3) is 5.69 Å². The third kappa shape index (κ3) is 6.17. The van der Waals surface area contributed by atoms with Crippen molar-refractivity contribution < 1.29 is 4.79 Å². The topological polar surface area (TPSA) is 71.8 Å². The van der Waals surface area contributed by atoms with Crippen LogP contribution in [0.15, 0.2) is 71.9 Å². The summed E-state index contributed by atoms with van der Waals surface area (Å²) >= 11 is 25.5. The number of carbonyl (C=O) groups excluding carboxylic acids is 1. The Labute approximate surface area is 220 Å². The van der Waals surface area contributed by atoms with Gasteiger partial charge in [-0.05, 0) is 48.5 Å². The average molecular weight is 553 g/mol. The minimum atomic E-state index is -0.292. The van der Waals surface area contributed by atoms with Gasteiger partial charge in [-0.25, -0.2) is 0 Å². The van der Waals surface area contributed by atoms with Crippen LogP contribution < -0.4 is 10.6 Å². The molecular weight excluding hydrogens is 536 g/mol. The van der Waals surface area contributed by atoms with Crippen molar-refractivity contribution >= 4 is 75.4 Å². The molecule has 0 bridgehead atoms. The van der Waals surface area contributed by atoms with Crippen molar-refractivity contribution in [1.82, 2.24) is 14.8 Å². The summed E-state index contributed by atoms with van der Waals surface area (Å²) < 4.78 is 1.91. The number of amides is 1. The molecule has 0 aliphatic heterocycles. The van der Waals surface area contributed by atoms with E-state index >= 15 is 0 Å². The maximum absolute atomic E-state index is 12.6. The number of hydrogen-bond acceptors (Lipinski definition) is 5. The summed E-state index contributed by atoms with van der Waals surface area (Å²) in [5.74, 6) is 0.470. The SMILES string of the molecule is O=C(CSc1nnc(CNc2ccc(Cl)cc2)n1-c1ccccc1)Nc1c(Cl)cc(Cl)cc1Cl. The second kappa shape index (κ2) is 11.3. The van der Waals surface area contributed by atoms with Crippen LogP contribution in [-0.2, 0) is 11.3 Å². The lowest BCUT2D eigenvalue weighted by Crippen LogP contribution is -2.15. The van der Waals surface area contributed by atoms with Gasteiger partial charge in [0.15, 0.2) is 11.0 Å². The summed E-state index contributed by atoms with van der Waals surface area (Å²) in [6.07, 6.45) is 0. The Morgan fingerprint density at radius 2 is 1.56 bits per heavy atom. The Kier molecular flexibility index (Phi) is 8.24. The molecule has 34 heavy (non-hydrogen) atoms. The molecule has 0 saturated carbocycles. The Bertz CT molecular complexity index is 1280. The number of nitrogens with one attached hydrogen (secondary N) is 2. The quantitative estimate of drug-likeness (QED) is 0.226. The Morgan fingerprint density at radius 1 is 0.882 bits per heavy atom. The normalized spacial score (nSPS) is 10.8. The maximum Gasteiger partial charge on any atom is 0.234 e. The van der Waals surface area contributed by atoms with Crippen LogP contribution in [0.1, 0.15) is 5.82 Å². The fourth-order valence-corrected chi connectivity index (χ4v) is 4.87. The van der Waals surface area contributed by atoms with Gasteiger partial charge in [0, 0.05) is 21.4 Å². The molecule has 4 aromatic rings. The molecule has 4 rings (SSSR count). The molecule has 0 aliphatic carbocycles. The number of halogens is 4. The first-order valence-electron chi connectivity index (χ1n) is 9.97. The molecule has 0 aliphatic rings. The van der Waals surface area contributed by atoms with Gasteiger partial charge >= 0.3 is 0 Å². The van der Waals surface area contributed by atoms with Crippen molar-refractivity contribution in [2.45, 2.75) is 11.7 Å². The zero-order chi connectivity index (χ0) is 24.1. The zero-order valence-electron chi connectivity index (χ0n) is 17.4. The predicted octanol–water partition coefficient (Wildman–Crippen LogP) is 7.22. The van der Waals surface area contributed by atoms with E-state index in [-0.39, 0.29) is 21.7 Å². The van der Waals surface area contributed by atoms with Crippen molar-refractivity contribution in [2.24, 2.45) is 0 Å². The second-order valence-electron chi connectivity index (χ2n) is 7.01. The molecule has 0 unspecified atom stereocenters. The summed E-state index contributed by atoms with van der Waals surface area (Å²) in [5, 5.41) is 16.8. The van der Waals surface area contributed by atoms with Crippen molar-refractivity contribution in [3.63, 3.8) is 0 Å². The van der Waals surface area contributed by atoms with E-state index in [9.17, 15) is 4.79 Å². The molecule has 0 saturated heterocycles. The lowest BCUT2D eigenvalue weighted by atomic mass is 10.3. The van der Waals surface area contributed by atoms with Crippen LogP contribution in [0.4, 0.5) is 11.4 Å². The molecule has 6 nitrogen and oxygen atoms in total. The van der Waals surface area contributed by atoms with Crippen LogP contribution >= 0.6 is 58.2 Å². The summed E-state index contributed by atoms with van der Waals surface area (Å²) in [4.78, 5) is 12.6. The van der Waals surface area contributed by atoms with Gasteiger partial charge in [0.25, 0.3) is 0 Å². The second-order valence-corrected chi connectivity index (χ2v) is 9.64. The minimum absolute atomic E-state index is 0.0743. The van der Waals surface area contributed by atoms with Crippen LogP contribution in [0.3, 0.4) is 0 Å². The summed E-state index contributed by atoms with van der Waals surface area (Å²) in [5.41, 5.74) is 2.10. The minimum Gasteiger partial charge on any atom is -0.378 e. The molecular formula is C23H17Cl4N5OS. The highest BCUT2D eigenvalue weighted by Crippen LogP contribution is 2.34. The molecule has 3 aromatic carbocycles. The highest BCUT2D eigenvalue weighted by Gasteiger charge is 2.17. The van der Waals surface area contributed by atoms with E-state index in [4.69, 9.17) is 46.4 Å². The number of anilines is 2. The number of carbonyl (C=O) groups is 1. The number of benzene rings is 3. The summed E-state index contributed by atoms with van der Waals surface area (Å²) in [7, 11) is 0. The van der Waals surface area contributed by atoms with E-state index in [1.807, 2.05) is 59.2 Å². The first-order valence-corrected chi connectivity index (χ1v) is 12.5. The van der Waals surface area contributed by atoms with Crippen LogP contribution in [0.2, 0.25) is 20.1 Å². The van der Waals surface area contributed by atoms with Gasteiger partial charge in [-0.2, -0.15) is 0 Å². The Morgan fingerprint density at radius 3 is 2.24 bits per heavy atom. The predicted molar refractivity (Wildman–Crippen MR) is 141 cm³/mol. The first-order chi connectivity index (χ1) is 16.4. The smallest absolute Gasteiger partial charge is 0.234 e. The lowest BCUT2D eigenvalue weighted by molar-refractivity contribution is -0.113. The molecule has 0 atom stereocenters. The standard InChI is InChI=1S/C23H17Cl4N5OS/c24-14-6-8-16(9-7-14)28-12-20-30-31-23(32(20)17-4-2-1-3-5-17)34-13-21(33)29-22-18(26)10-15(25)11-19(22)27/h1-11,28H,12-13H2,(H,29,33). The molecule has 1 heterocycles. The average Bonchev–Trinajstić information content (AvgIpc) is 3.23. The fraction of sp³-hybridized carbons (Fsp3) is 0.0870. The van der Waals surface area contributed by atoms with Gasteiger partial charge < -0.3 is 10.6 Å². The van der Waals surface area contributed by atoms with E-state index in [2.05, 4.69) is 20.8 Å². The highest BCUT2D eigenvalue weighted by atomic mass is 35.5. The van der Waals surface area contributed by atoms with Crippen molar-refractivity contribution in [3.8, 4) is 5.69 Å². The van der Waals surface area contributed by atoms with Gasteiger partial charge in [-0.3, -0.25) is 9.36 Å². The van der Waals surface area contributed by atoms with E-state index in [1.165, 1.54) is 23.9 Å². The van der Waals surface area contributed by atoms with Gasteiger partial charge in [0.1, 0.15) is 0 Å². The van der Waals surface area contributed by atoms with E-state index in [1.54, 1.807) is 0 Å². The third-order valence-electron chi connectivity index (χ3n) is 4.61. The van der Waals surface area contributed by atoms with E-state index < -0.39 is 0 Å². The van der Waals surface area contributed by atoms with Crippen LogP contribution in [-0.4, -0.2) is 26.4 Å². The van der Waals surface area contributed by atoms with Gasteiger partial charge in [-0.1, -0.05) is 76.4 Å². The summed E-state index contributed by atoms with van der Waals surface area (Å²) in [6, 6.07) is 20.1. The van der Waals surface area contributed by atoms with E-state index in [0.717, 1.165) is 11.4 Å². The number of thioether (sulfide) groups is 1. The third-order valence-corrected chi connectivity index (χ3v) is 6.61. The molecule has 11 heteroatoms. The molecule has 174 valence electrons. The Hall–Kier alpha value is -2.42. The fourth-order valence-electron chi connectivity index (χ4n) is 3.06. The lowest BCUT2D eigenvalue weighted by Gasteiger charge is -2.12. The van der Waals surface area contributed by atoms with Crippen LogP contribution in [0.5, 0.6) is 0 Å².